The van der Waals surface area contributed by atoms with E-state index in [9.17, 15) is 8.78 Å². The largest absolute Gasteiger partial charge is 0.496 e. The van der Waals surface area contributed by atoms with Crippen molar-refractivity contribution in [1.29, 1.82) is 0 Å². The zero-order valence-corrected chi connectivity index (χ0v) is 12.9. The van der Waals surface area contributed by atoms with E-state index in [0.717, 1.165) is 31.3 Å². The number of halogens is 2. The van der Waals surface area contributed by atoms with Gasteiger partial charge in [0.1, 0.15) is 5.75 Å². The maximum Gasteiger partial charge on any atom is 0.171 e. The fourth-order valence-electron chi connectivity index (χ4n) is 2.67. The van der Waals surface area contributed by atoms with Gasteiger partial charge in [0.15, 0.2) is 11.6 Å². The number of pyridine rings is 1. The normalized spacial score (nSPS) is 15.6. The van der Waals surface area contributed by atoms with Crippen molar-refractivity contribution in [3.05, 3.63) is 47.7 Å². The molecule has 2 aromatic rings. The van der Waals surface area contributed by atoms with Gasteiger partial charge in [-0.25, -0.2) is 8.78 Å². The molecule has 0 radical (unpaired) electrons. The van der Waals surface area contributed by atoms with Crippen molar-refractivity contribution in [3.63, 3.8) is 0 Å². The molecule has 1 aromatic heterocycles. The monoisotopic (exact) mass is 320 g/mol. The van der Waals surface area contributed by atoms with E-state index in [1.807, 2.05) is 6.07 Å². The molecule has 1 aromatic carbocycles. The Morgan fingerprint density at radius 2 is 2.00 bits per heavy atom. The molecule has 0 aliphatic carbocycles. The van der Waals surface area contributed by atoms with Crippen molar-refractivity contribution in [1.82, 2.24) is 9.88 Å². The fourth-order valence-corrected chi connectivity index (χ4v) is 2.67. The molecule has 0 unspecified atom stereocenters. The maximum atomic E-state index is 14.2. The van der Waals surface area contributed by atoms with E-state index >= 15 is 0 Å². The summed E-state index contributed by atoms with van der Waals surface area (Å²) in [4.78, 5) is 6.44. The van der Waals surface area contributed by atoms with E-state index in [4.69, 9.17) is 9.47 Å². The zero-order valence-electron chi connectivity index (χ0n) is 12.9. The molecule has 1 aliphatic rings. The molecular weight excluding hydrogens is 302 g/mol. The van der Waals surface area contributed by atoms with Crippen molar-refractivity contribution < 1.29 is 18.3 Å². The van der Waals surface area contributed by atoms with E-state index in [1.54, 1.807) is 12.3 Å². The summed E-state index contributed by atoms with van der Waals surface area (Å²) in [6, 6.07) is 6.11. The second kappa shape index (κ2) is 7.02. The van der Waals surface area contributed by atoms with Crippen LogP contribution < -0.4 is 4.74 Å². The van der Waals surface area contributed by atoms with Crippen LogP contribution in [0.15, 0.2) is 30.5 Å². The third kappa shape index (κ3) is 3.48. The first-order valence-corrected chi connectivity index (χ1v) is 7.46. The predicted octanol–water partition coefficient (Wildman–Crippen LogP) is 2.87. The van der Waals surface area contributed by atoms with Crippen molar-refractivity contribution >= 4 is 0 Å². The van der Waals surface area contributed by atoms with Gasteiger partial charge in [0.25, 0.3) is 0 Å². The maximum absolute atomic E-state index is 14.2. The van der Waals surface area contributed by atoms with E-state index in [1.165, 1.54) is 13.2 Å². The Bertz CT molecular complexity index is 688. The van der Waals surface area contributed by atoms with Crippen LogP contribution in [0.4, 0.5) is 8.78 Å². The molecule has 2 heterocycles. The molecule has 6 heteroatoms. The quantitative estimate of drug-likeness (QED) is 0.868. The highest BCUT2D eigenvalue weighted by molar-refractivity contribution is 5.68. The number of aromatic nitrogens is 1. The average molecular weight is 320 g/mol. The topological polar surface area (TPSA) is 34.6 Å². The summed E-state index contributed by atoms with van der Waals surface area (Å²) in [5.41, 5.74) is 1.41. The molecule has 4 nitrogen and oxygen atoms in total. The van der Waals surface area contributed by atoms with Gasteiger partial charge in [0, 0.05) is 25.8 Å². The Kier molecular flexibility index (Phi) is 4.83. The number of rotatable bonds is 4. The van der Waals surface area contributed by atoms with E-state index in [2.05, 4.69) is 9.88 Å². The number of hydrogen-bond acceptors (Lipinski definition) is 4. The molecule has 0 amide bonds. The van der Waals surface area contributed by atoms with Gasteiger partial charge in [-0.3, -0.25) is 9.88 Å². The van der Waals surface area contributed by atoms with Crippen LogP contribution in [0, 0.1) is 11.6 Å². The number of methoxy groups -OCH3 is 1. The number of nitrogens with zero attached hydrogens (tertiary/aromatic N) is 2. The summed E-state index contributed by atoms with van der Waals surface area (Å²) in [6.07, 6.45) is 1.61. The Morgan fingerprint density at radius 3 is 2.74 bits per heavy atom. The van der Waals surface area contributed by atoms with Gasteiger partial charge in [0.2, 0.25) is 0 Å². The summed E-state index contributed by atoms with van der Waals surface area (Å²) in [5, 5.41) is 0. The molecule has 0 saturated carbocycles. The SMILES string of the molecule is COc1ccc(F)c(F)c1-c1cc(CN2CCOCC2)ccn1. The summed E-state index contributed by atoms with van der Waals surface area (Å²) < 4.78 is 38.3. The third-order valence-electron chi connectivity index (χ3n) is 3.87. The minimum Gasteiger partial charge on any atom is -0.496 e. The smallest absolute Gasteiger partial charge is 0.171 e. The average Bonchev–Trinajstić information content (AvgIpc) is 2.58. The van der Waals surface area contributed by atoms with Gasteiger partial charge in [-0.2, -0.15) is 0 Å². The Hall–Kier alpha value is -2.05. The predicted molar refractivity (Wildman–Crippen MR) is 82.2 cm³/mol. The van der Waals surface area contributed by atoms with Crippen LogP contribution in [0.3, 0.4) is 0 Å². The Balaban J connectivity index is 1.92. The second-order valence-corrected chi connectivity index (χ2v) is 5.38. The summed E-state index contributed by atoms with van der Waals surface area (Å²) in [5.74, 6) is -1.60. The first-order valence-electron chi connectivity index (χ1n) is 7.46. The Labute approximate surface area is 133 Å². The van der Waals surface area contributed by atoms with Crippen LogP contribution in [0.1, 0.15) is 5.56 Å². The number of hydrogen-bond donors (Lipinski definition) is 0. The summed E-state index contributed by atoms with van der Waals surface area (Å²) in [7, 11) is 1.42. The minimum atomic E-state index is -0.944. The van der Waals surface area contributed by atoms with Crippen molar-refractivity contribution in [2.45, 2.75) is 6.54 Å². The molecule has 0 spiro atoms. The third-order valence-corrected chi connectivity index (χ3v) is 3.87. The molecular formula is C17H18F2N2O2. The molecule has 1 saturated heterocycles. The molecule has 1 fully saturated rings. The lowest BCUT2D eigenvalue weighted by atomic mass is 10.1. The van der Waals surface area contributed by atoms with Crippen LogP contribution in [0.2, 0.25) is 0 Å². The van der Waals surface area contributed by atoms with Gasteiger partial charge in [-0.05, 0) is 29.8 Å². The lowest BCUT2D eigenvalue weighted by Gasteiger charge is -2.26. The van der Waals surface area contributed by atoms with Crippen LogP contribution in [0.25, 0.3) is 11.3 Å². The fraction of sp³-hybridized carbons (Fsp3) is 0.353. The first-order chi connectivity index (χ1) is 11.2. The molecule has 0 N–H and O–H groups in total. The molecule has 23 heavy (non-hydrogen) atoms. The molecule has 1 aliphatic heterocycles. The number of morpholine rings is 1. The highest BCUT2D eigenvalue weighted by Gasteiger charge is 2.18. The van der Waals surface area contributed by atoms with Crippen LogP contribution >= 0.6 is 0 Å². The number of benzene rings is 1. The van der Waals surface area contributed by atoms with Crippen molar-refractivity contribution in [2.24, 2.45) is 0 Å². The van der Waals surface area contributed by atoms with E-state index in [-0.39, 0.29) is 11.3 Å². The van der Waals surface area contributed by atoms with Crippen LogP contribution in [-0.4, -0.2) is 43.3 Å². The molecule has 0 atom stereocenters. The van der Waals surface area contributed by atoms with E-state index < -0.39 is 11.6 Å². The van der Waals surface area contributed by atoms with Gasteiger partial charge < -0.3 is 9.47 Å². The van der Waals surface area contributed by atoms with Crippen LogP contribution in [0.5, 0.6) is 5.75 Å². The highest BCUT2D eigenvalue weighted by atomic mass is 19.2. The summed E-state index contributed by atoms with van der Waals surface area (Å²) in [6.45, 7) is 3.86. The van der Waals surface area contributed by atoms with Crippen LogP contribution in [-0.2, 0) is 11.3 Å². The summed E-state index contributed by atoms with van der Waals surface area (Å²) >= 11 is 0. The van der Waals surface area contributed by atoms with Crippen molar-refractivity contribution in [3.8, 4) is 17.0 Å². The zero-order chi connectivity index (χ0) is 16.2. The first kappa shape index (κ1) is 15.8. The molecule has 3 rings (SSSR count). The Morgan fingerprint density at radius 1 is 1.22 bits per heavy atom. The lowest BCUT2D eigenvalue weighted by molar-refractivity contribution is 0.0342. The van der Waals surface area contributed by atoms with Gasteiger partial charge in [0.05, 0.1) is 31.6 Å². The highest BCUT2D eigenvalue weighted by Crippen LogP contribution is 2.33. The molecule has 122 valence electrons. The van der Waals surface area contributed by atoms with Crippen molar-refractivity contribution in [2.75, 3.05) is 33.4 Å². The van der Waals surface area contributed by atoms with Gasteiger partial charge in [-0.15, -0.1) is 0 Å². The lowest BCUT2D eigenvalue weighted by Crippen LogP contribution is -2.35. The number of ether oxygens (including phenoxy) is 2. The molecule has 0 bridgehead atoms. The minimum absolute atomic E-state index is 0.0522. The van der Waals surface area contributed by atoms with E-state index in [0.29, 0.717) is 18.9 Å². The van der Waals surface area contributed by atoms with Gasteiger partial charge >= 0.3 is 0 Å². The van der Waals surface area contributed by atoms with Gasteiger partial charge in [-0.1, -0.05) is 0 Å². The second-order valence-electron chi connectivity index (χ2n) is 5.38. The standard InChI is InChI=1S/C17H18F2N2O2/c1-22-15-3-2-13(18)17(19)16(15)14-10-12(4-5-20-14)11-21-6-8-23-9-7-21/h2-5,10H,6-9,11H2,1H3.